The van der Waals surface area contributed by atoms with Crippen LogP contribution in [-0.2, 0) is 17.6 Å². The number of aryl methyl sites for hydroxylation is 2. The van der Waals surface area contributed by atoms with E-state index in [0.29, 0.717) is 11.6 Å². The van der Waals surface area contributed by atoms with E-state index >= 15 is 0 Å². The molecule has 0 aliphatic heterocycles. The molecule has 18 heavy (non-hydrogen) atoms. The largest absolute Gasteiger partial charge is 0.300 e. The van der Waals surface area contributed by atoms with E-state index in [1.807, 2.05) is 38.1 Å². The Labute approximate surface area is 110 Å². The number of hydrogen-bond donors (Lipinski definition) is 1. The molecule has 0 spiro atoms. The van der Waals surface area contributed by atoms with Gasteiger partial charge < -0.3 is 5.32 Å². The third-order valence-corrected chi connectivity index (χ3v) is 3.45. The smallest absolute Gasteiger partial charge is 0.230 e. The SMILES string of the molecule is CCc1nnc(NC(=O)Cc2cccc(C)c2)s1. The number of aromatic nitrogens is 2. The standard InChI is InChI=1S/C13H15N3OS/c1-3-12-15-16-13(18-12)14-11(17)8-10-6-4-5-9(2)7-10/h4-7H,3,8H2,1-2H3,(H,14,16,17). The maximum absolute atomic E-state index is 11.8. The lowest BCUT2D eigenvalue weighted by Crippen LogP contribution is -2.14. The molecule has 1 heterocycles. The van der Waals surface area contributed by atoms with Gasteiger partial charge in [-0.3, -0.25) is 4.79 Å². The fourth-order valence-electron chi connectivity index (χ4n) is 1.62. The molecule has 0 aliphatic rings. The molecule has 4 nitrogen and oxygen atoms in total. The summed E-state index contributed by atoms with van der Waals surface area (Å²) >= 11 is 1.42. The van der Waals surface area contributed by atoms with Crippen LogP contribution in [0.2, 0.25) is 0 Å². The van der Waals surface area contributed by atoms with Gasteiger partial charge in [-0.15, -0.1) is 10.2 Å². The zero-order chi connectivity index (χ0) is 13.0. The van der Waals surface area contributed by atoms with Gasteiger partial charge in [0.2, 0.25) is 11.0 Å². The second kappa shape index (κ2) is 5.73. The molecule has 0 saturated heterocycles. The molecule has 1 amide bonds. The Hall–Kier alpha value is -1.75. The van der Waals surface area contributed by atoms with Gasteiger partial charge in [-0.05, 0) is 18.9 Å². The first-order valence-corrected chi connectivity index (χ1v) is 6.67. The average molecular weight is 261 g/mol. The fraction of sp³-hybridized carbons (Fsp3) is 0.308. The van der Waals surface area contributed by atoms with Crippen LogP contribution in [0.1, 0.15) is 23.1 Å². The van der Waals surface area contributed by atoms with E-state index in [1.165, 1.54) is 11.3 Å². The molecule has 1 N–H and O–H groups in total. The summed E-state index contributed by atoms with van der Waals surface area (Å²) in [5.74, 6) is -0.0561. The van der Waals surface area contributed by atoms with Crippen molar-refractivity contribution in [2.45, 2.75) is 26.7 Å². The van der Waals surface area contributed by atoms with E-state index in [0.717, 1.165) is 22.6 Å². The van der Waals surface area contributed by atoms with Crippen LogP contribution in [0.5, 0.6) is 0 Å². The fourth-order valence-corrected chi connectivity index (χ4v) is 2.31. The van der Waals surface area contributed by atoms with Gasteiger partial charge in [0, 0.05) is 0 Å². The van der Waals surface area contributed by atoms with Crippen LogP contribution >= 0.6 is 11.3 Å². The Morgan fingerprint density at radius 3 is 2.89 bits per heavy atom. The number of hydrogen-bond acceptors (Lipinski definition) is 4. The van der Waals surface area contributed by atoms with Gasteiger partial charge in [0.25, 0.3) is 0 Å². The quantitative estimate of drug-likeness (QED) is 0.920. The van der Waals surface area contributed by atoms with Crippen LogP contribution in [-0.4, -0.2) is 16.1 Å². The summed E-state index contributed by atoms with van der Waals surface area (Å²) in [6.45, 7) is 4.03. The molecule has 1 aromatic carbocycles. The molecule has 2 rings (SSSR count). The molecule has 1 aromatic heterocycles. The predicted octanol–water partition coefficient (Wildman–Crippen LogP) is 2.59. The molecular formula is C13H15N3OS. The van der Waals surface area contributed by atoms with Crippen molar-refractivity contribution in [3.8, 4) is 0 Å². The van der Waals surface area contributed by atoms with Crippen LogP contribution in [0, 0.1) is 6.92 Å². The first-order valence-electron chi connectivity index (χ1n) is 5.85. The van der Waals surface area contributed by atoms with Gasteiger partial charge >= 0.3 is 0 Å². The Balaban J connectivity index is 1.96. The van der Waals surface area contributed by atoms with Crippen molar-refractivity contribution in [2.24, 2.45) is 0 Å². The summed E-state index contributed by atoms with van der Waals surface area (Å²) < 4.78 is 0. The van der Waals surface area contributed by atoms with Crippen LogP contribution in [0.3, 0.4) is 0 Å². The number of nitrogens with zero attached hydrogens (tertiary/aromatic N) is 2. The Bertz CT molecular complexity index is 551. The highest BCUT2D eigenvalue weighted by molar-refractivity contribution is 7.15. The van der Waals surface area contributed by atoms with Crippen molar-refractivity contribution < 1.29 is 4.79 Å². The van der Waals surface area contributed by atoms with Crippen molar-refractivity contribution in [3.05, 3.63) is 40.4 Å². The van der Waals surface area contributed by atoms with Gasteiger partial charge in [0.15, 0.2) is 0 Å². The van der Waals surface area contributed by atoms with Crippen molar-refractivity contribution in [2.75, 3.05) is 5.32 Å². The molecule has 0 bridgehead atoms. The first-order chi connectivity index (χ1) is 8.67. The lowest BCUT2D eigenvalue weighted by Gasteiger charge is -2.02. The topological polar surface area (TPSA) is 54.9 Å². The van der Waals surface area contributed by atoms with Crippen molar-refractivity contribution in [1.29, 1.82) is 0 Å². The second-order valence-corrected chi connectivity index (χ2v) is 5.13. The third kappa shape index (κ3) is 3.37. The Morgan fingerprint density at radius 1 is 1.39 bits per heavy atom. The van der Waals surface area contributed by atoms with Gasteiger partial charge in [0.1, 0.15) is 5.01 Å². The molecule has 0 aliphatic carbocycles. The van der Waals surface area contributed by atoms with E-state index in [2.05, 4.69) is 15.5 Å². The summed E-state index contributed by atoms with van der Waals surface area (Å²) in [5.41, 5.74) is 2.16. The average Bonchev–Trinajstić information content (AvgIpc) is 2.76. The van der Waals surface area contributed by atoms with E-state index in [9.17, 15) is 4.79 Å². The van der Waals surface area contributed by atoms with E-state index in [-0.39, 0.29) is 5.91 Å². The van der Waals surface area contributed by atoms with Gasteiger partial charge in [-0.1, -0.05) is 48.1 Å². The highest BCUT2D eigenvalue weighted by atomic mass is 32.1. The van der Waals surface area contributed by atoms with Crippen molar-refractivity contribution in [3.63, 3.8) is 0 Å². The van der Waals surface area contributed by atoms with Crippen LogP contribution in [0.4, 0.5) is 5.13 Å². The lowest BCUT2D eigenvalue weighted by atomic mass is 10.1. The normalized spacial score (nSPS) is 10.3. The number of rotatable bonds is 4. The Kier molecular flexibility index (Phi) is 4.04. The monoisotopic (exact) mass is 261 g/mol. The summed E-state index contributed by atoms with van der Waals surface area (Å²) in [5, 5.41) is 12.2. The molecule has 0 radical (unpaired) electrons. The minimum absolute atomic E-state index is 0.0561. The van der Waals surface area contributed by atoms with Gasteiger partial charge in [-0.25, -0.2) is 0 Å². The zero-order valence-corrected chi connectivity index (χ0v) is 11.3. The van der Waals surface area contributed by atoms with Crippen LogP contribution in [0.15, 0.2) is 24.3 Å². The van der Waals surface area contributed by atoms with Gasteiger partial charge in [0.05, 0.1) is 6.42 Å². The number of nitrogens with one attached hydrogen (secondary N) is 1. The molecule has 94 valence electrons. The maximum Gasteiger partial charge on any atom is 0.230 e. The maximum atomic E-state index is 11.8. The minimum Gasteiger partial charge on any atom is -0.300 e. The van der Waals surface area contributed by atoms with Crippen molar-refractivity contribution >= 4 is 22.4 Å². The second-order valence-electron chi connectivity index (χ2n) is 4.07. The molecule has 0 fully saturated rings. The number of carbonyl (C=O) groups is 1. The summed E-state index contributed by atoms with van der Waals surface area (Å²) in [7, 11) is 0. The third-order valence-electron chi connectivity index (χ3n) is 2.46. The minimum atomic E-state index is -0.0561. The summed E-state index contributed by atoms with van der Waals surface area (Å²) in [6.07, 6.45) is 1.20. The highest BCUT2D eigenvalue weighted by Gasteiger charge is 2.08. The van der Waals surface area contributed by atoms with Crippen molar-refractivity contribution in [1.82, 2.24) is 10.2 Å². The lowest BCUT2D eigenvalue weighted by molar-refractivity contribution is -0.115. The highest BCUT2D eigenvalue weighted by Crippen LogP contribution is 2.15. The molecular weight excluding hydrogens is 246 g/mol. The summed E-state index contributed by atoms with van der Waals surface area (Å²) in [6, 6.07) is 7.93. The van der Waals surface area contributed by atoms with E-state index in [1.54, 1.807) is 0 Å². The Morgan fingerprint density at radius 2 is 2.22 bits per heavy atom. The molecule has 5 heteroatoms. The molecule has 0 saturated carbocycles. The molecule has 2 aromatic rings. The number of anilines is 1. The molecule has 0 unspecified atom stereocenters. The van der Waals surface area contributed by atoms with Gasteiger partial charge in [-0.2, -0.15) is 0 Å². The van der Waals surface area contributed by atoms with E-state index < -0.39 is 0 Å². The number of carbonyl (C=O) groups excluding carboxylic acids is 1. The van der Waals surface area contributed by atoms with Crippen LogP contribution in [0.25, 0.3) is 0 Å². The number of benzene rings is 1. The first kappa shape index (κ1) is 12.7. The zero-order valence-electron chi connectivity index (χ0n) is 10.4. The predicted molar refractivity (Wildman–Crippen MR) is 72.8 cm³/mol. The molecule has 0 atom stereocenters. The van der Waals surface area contributed by atoms with E-state index in [4.69, 9.17) is 0 Å². The summed E-state index contributed by atoms with van der Waals surface area (Å²) in [4.78, 5) is 11.8. The van der Waals surface area contributed by atoms with Crippen LogP contribution < -0.4 is 5.32 Å². The number of amides is 1.